The first kappa shape index (κ1) is 25.9. The Labute approximate surface area is 214 Å². The van der Waals surface area contributed by atoms with E-state index >= 15 is 0 Å². The van der Waals surface area contributed by atoms with Gasteiger partial charge >= 0.3 is 0 Å². The Morgan fingerprint density at radius 1 is 1.08 bits per heavy atom. The number of nitrogens with zero attached hydrogens (tertiary/aromatic N) is 4. The molecule has 0 bridgehead atoms. The topological polar surface area (TPSA) is 61.6 Å². The number of aliphatic hydroxyl groups excluding tert-OH is 1. The number of hydrogen-bond donors (Lipinski definition) is 1. The average Bonchev–Trinajstić information content (AvgIpc) is 3.30. The second-order valence-corrected chi connectivity index (χ2v) is 9.69. The number of aryl methyl sites for hydroxylation is 1. The summed E-state index contributed by atoms with van der Waals surface area (Å²) in [5.74, 6) is 0.0215. The Kier molecular flexibility index (Phi) is 8.73. The maximum atomic E-state index is 13.1. The Morgan fingerprint density at radius 3 is 2.50 bits per heavy atom. The molecular weight excluding hydrogens is 448 g/mol. The number of piperazine rings is 1. The van der Waals surface area contributed by atoms with Crippen molar-refractivity contribution in [2.24, 2.45) is 0 Å². The normalized spacial score (nSPS) is 17.6. The van der Waals surface area contributed by atoms with Gasteiger partial charge in [0.2, 0.25) is 5.91 Å². The first-order valence-corrected chi connectivity index (χ1v) is 13.1. The van der Waals surface area contributed by atoms with Crippen molar-refractivity contribution in [3.05, 3.63) is 83.6 Å². The van der Waals surface area contributed by atoms with Crippen molar-refractivity contribution < 1.29 is 9.90 Å². The molecule has 0 radical (unpaired) electrons. The van der Waals surface area contributed by atoms with E-state index in [1.54, 1.807) is 6.08 Å². The van der Waals surface area contributed by atoms with Gasteiger partial charge in [0.15, 0.2) is 0 Å². The highest BCUT2D eigenvalue weighted by atomic mass is 16.3. The molecule has 1 fully saturated rings. The second kappa shape index (κ2) is 12.2. The summed E-state index contributed by atoms with van der Waals surface area (Å²) < 4.78 is 1.95. The Bertz CT molecular complexity index is 1150. The SMILES string of the molecule is CCc1ccc(-c2nn(Cc3ccccc3)cc2/C=C/C(=O)N2CCN(CC(C)O)C(CC)C2)cc1. The monoisotopic (exact) mass is 486 g/mol. The third-order valence-corrected chi connectivity index (χ3v) is 6.90. The van der Waals surface area contributed by atoms with Gasteiger partial charge in [0.05, 0.1) is 18.3 Å². The van der Waals surface area contributed by atoms with Crippen LogP contribution in [0.4, 0.5) is 0 Å². The maximum absolute atomic E-state index is 13.1. The number of carbonyl (C=O) groups is 1. The highest BCUT2D eigenvalue weighted by molar-refractivity contribution is 5.93. The lowest BCUT2D eigenvalue weighted by Gasteiger charge is -2.41. The Balaban J connectivity index is 1.54. The molecule has 36 heavy (non-hydrogen) atoms. The van der Waals surface area contributed by atoms with E-state index in [1.165, 1.54) is 11.1 Å². The minimum Gasteiger partial charge on any atom is -0.392 e. The molecule has 2 heterocycles. The standard InChI is InChI=1S/C30H38N4O2/c1-4-24-11-13-26(14-12-24)30-27(21-34(31-30)20-25-9-7-6-8-10-25)15-16-29(36)33-18-17-32(19-23(3)35)28(5-2)22-33/h6-16,21,23,28,35H,4-5,17-20,22H2,1-3H3/b16-15+. The molecule has 1 amide bonds. The van der Waals surface area contributed by atoms with E-state index in [0.717, 1.165) is 36.2 Å². The van der Waals surface area contributed by atoms with Crippen LogP contribution in [0.25, 0.3) is 17.3 Å². The highest BCUT2D eigenvalue weighted by Gasteiger charge is 2.28. The van der Waals surface area contributed by atoms with Gasteiger partial charge in [0.25, 0.3) is 0 Å². The van der Waals surface area contributed by atoms with Crippen LogP contribution >= 0.6 is 0 Å². The smallest absolute Gasteiger partial charge is 0.246 e. The number of aromatic nitrogens is 2. The van der Waals surface area contributed by atoms with Crippen molar-refractivity contribution in [2.75, 3.05) is 26.2 Å². The van der Waals surface area contributed by atoms with Gasteiger partial charge in [-0.1, -0.05) is 68.4 Å². The summed E-state index contributed by atoms with van der Waals surface area (Å²) in [6, 6.07) is 19.0. The van der Waals surface area contributed by atoms with Crippen molar-refractivity contribution in [3.63, 3.8) is 0 Å². The zero-order chi connectivity index (χ0) is 25.5. The third kappa shape index (κ3) is 6.50. The number of benzene rings is 2. The first-order valence-electron chi connectivity index (χ1n) is 13.1. The van der Waals surface area contributed by atoms with E-state index < -0.39 is 0 Å². The lowest BCUT2D eigenvalue weighted by molar-refractivity contribution is -0.129. The lowest BCUT2D eigenvalue weighted by atomic mass is 10.0. The Morgan fingerprint density at radius 2 is 1.83 bits per heavy atom. The molecule has 2 aromatic carbocycles. The van der Waals surface area contributed by atoms with Gasteiger partial charge in [0, 0.05) is 55.6 Å². The van der Waals surface area contributed by atoms with Crippen LogP contribution in [-0.4, -0.2) is 68.9 Å². The molecule has 190 valence electrons. The third-order valence-electron chi connectivity index (χ3n) is 6.90. The molecule has 1 aliphatic rings. The fraction of sp³-hybridized carbons (Fsp3) is 0.400. The van der Waals surface area contributed by atoms with Crippen LogP contribution in [0.5, 0.6) is 0 Å². The van der Waals surface area contributed by atoms with E-state index in [9.17, 15) is 9.90 Å². The second-order valence-electron chi connectivity index (χ2n) is 9.69. The molecule has 6 nitrogen and oxygen atoms in total. The molecule has 0 saturated carbocycles. The minimum absolute atomic E-state index is 0.0215. The van der Waals surface area contributed by atoms with Crippen LogP contribution in [0, 0.1) is 0 Å². The molecule has 1 N–H and O–H groups in total. The predicted molar refractivity (Wildman–Crippen MR) is 146 cm³/mol. The highest BCUT2D eigenvalue weighted by Crippen LogP contribution is 2.25. The van der Waals surface area contributed by atoms with Crippen molar-refractivity contribution in [2.45, 2.75) is 52.3 Å². The minimum atomic E-state index is -0.363. The van der Waals surface area contributed by atoms with Gasteiger partial charge in [-0.3, -0.25) is 14.4 Å². The number of aliphatic hydroxyl groups is 1. The van der Waals surface area contributed by atoms with Crippen molar-refractivity contribution >= 4 is 12.0 Å². The van der Waals surface area contributed by atoms with Crippen LogP contribution in [0.3, 0.4) is 0 Å². The van der Waals surface area contributed by atoms with E-state index in [2.05, 4.69) is 55.1 Å². The number of rotatable bonds is 9. The largest absolute Gasteiger partial charge is 0.392 e. The number of hydrogen-bond acceptors (Lipinski definition) is 4. The first-order chi connectivity index (χ1) is 17.5. The predicted octanol–water partition coefficient (Wildman–Crippen LogP) is 4.48. The molecule has 1 aromatic heterocycles. The summed E-state index contributed by atoms with van der Waals surface area (Å²) in [4.78, 5) is 17.4. The molecule has 0 spiro atoms. The van der Waals surface area contributed by atoms with Crippen molar-refractivity contribution in [3.8, 4) is 11.3 Å². The summed E-state index contributed by atoms with van der Waals surface area (Å²) in [6.07, 6.45) is 7.19. The van der Waals surface area contributed by atoms with Gasteiger partial charge in [-0.15, -0.1) is 0 Å². The maximum Gasteiger partial charge on any atom is 0.246 e. The van der Waals surface area contributed by atoms with E-state index in [1.807, 2.05) is 47.0 Å². The van der Waals surface area contributed by atoms with Crippen LogP contribution in [0.15, 0.2) is 66.9 Å². The quantitative estimate of drug-likeness (QED) is 0.453. The van der Waals surface area contributed by atoms with Crippen LogP contribution in [0.2, 0.25) is 0 Å². The summed E-state index contributed by atoms with van der Waals surface area (Å²) in [5.41, 5.74) is 5.33. The Hall–Kier alpha value is -3.22. The summed E-state index contributed by atoms with van der Waals surface area (Å²) in [5, 5.41) is 14.7. The van der Waals surface area contributed by atoms with E-state index in [0.29, 0.717) is 26.2 Å². The summed E-state index contributed by atoms with van der Waals surface area (Å²) >= 11 is 0. The lowest BCUT2D eigenvalue weighted by Crippen LogP contribution is -2.55. The van der Waals surface area contributed by atoms with Crippen LogP contribution in [0.1, 0.15) is 43.9 Å². The fourth-order valence-corrected chi connectivity index (χ4v) is 4.86. The fourth-order valence-electron chi connectivity index (χ4n) is 4.86. The molecule has 3 aromatic rings. The van der Waals surface area contributed by atoms with Crippen molar-refractivity contribution in [1.29, 1.82) is 0 Å². The molecule has 6 heteroatoms. The number of β-amino-alcohol motifs (C(OH)–C–C–N with tert-alkyl or cyclic N) is 1. The van der Waals surface area contributed by atoms with Gasteiger partial charge in [0.1, 0.15) is 0 Å². The average molecular weight is 487 g/mol. The van der Waals surface area contributed by atoms with E-state index in [4.69, 9.17) is 5.10 Å². The molecule has 4 rings (SSSR count). The zero-order valence-corrected chi connectivity index (χ0v) is 21.7. The molecule has 2 unspecified atom stereocenters. The number of amides is 1. The summed E-state index contributed by atoms with van der Waals surface area (Å²) in [6.45, 7) is 9.57. The van der Waals surface area contributed by atoms with Crippen LogP contribution in [-0.2, 0) is 17.8 Å². The molecule has 1 saturated heterocycles. The van der Waals surface area contributed by atoms with Gasteiger partial charge in [-0.25, -0.2) is 0 Å². The van der Waals surface area contributed by atoms with Crippen molar-refractivity contribution in [1.82, 2.24) is 19.6 Å². The van der Waals surface area contributed by atoms with Gasteiger partial charge in [-0.2, -0.15) is 5.10 Å². The number of carbonyl (C=O) groups excluding carboxylic acids is 1. The molecule has 2 atom stereocenters. The van der Waals surface area contributed by atoms with E-state index in [-0.39, 0.29) is 18.1 Å². The van der Waals surface area contributed by atoms with Gasteiger partial charge in [-0.05, 0) is 37.0 Å². The van der Waals surface area contributed by atoms with Gasteiger partial charge < -0.3 is 10.0 Å². The molecule has 0 aliphatic carbocycles. The summed E-state index contributed by atoms with van der Waals surface area (Å²) in [7, 11) is 0. The van der Waals surface area contributed by atoms with Crippen LogP contribution < -0.4 is 0 Å². The molecule has 1 aliphatic heterocycles. The zero-order valence-electron chi connectivity index (χ0n) is 21.7. The molecular formula is C30H38N4O2.